The molecule has 1 aromatic heterocycles. The van der Waals surface area contributed by atoms with E-state index in [1.165, 1.54) is 11.1 Å². The maximum Gasteiger partial charge on any atom is 0.0518 e. The van der Waals surface area contributed by atoms with Crippen molar-refractivity contribution in [1.82, 2.24) is 9.78 Å². The topological polar surface area (TPSA) is 17.8 Å². The molecule has 2 heteroatoms. The predicted octanol–water partition coefficient (Wildman–Crippen LogP) is 3.75. The minimum absolute atomic E-state index is 1.21. The van der Waals surface area contributed by atoms with Gasteiger partial charge in [0.15, 0.2) is 0 Å². The molecular formula is C14H22N2. The number of benzene rings is 1. The van der Waals surface area contributed by atoms with Gasteiger partial charge in [0, 0.05) is 13.2 Å². The minimum Gasteiger partial charge on any atom is -0.276 e. The summed E-state index contributed by atoms with van der Waals surface area (Å²) in [6.45, 7) is 8.10. The summed E-state index contributed by atoms with van der Waals surface area (Å²) in [5.41, 5.74) is 2.53. The molecule has 0 amide bonds. The summed E-state index contributed by atoms with van der Waals surface area (Å²) >= 11 is 0. The second-order valence-electron chi connectivity index (χ2n) is 3.35. The van der Waals surface area contributed by atoms with Crippen molar-refractivity contribution < 1.29 is 0 Å². The highest BCUT2D eigenvalue weighted by molar-refractivity contribution is 5.11. The van der Waals surface area contributed by atoms with Crippen LogP contribution in [0.15, 0.2) is 42.7 Å². The molecule has 0 aliphatic carbocycles. The molecule has 2 aromatic rings. The van der Waals surface area contributed by atoms with E-state index in [2.05, 4.69) is 24.2 Å². The lowest BCUT2D eigenvalue weighted by molar-refractivity contribution is 0.767. The van der Waals surface area contributed by atoms with Gasteiger partial charge in [-0.3, -0.25) is 4.68 Å². The number of nitrogens with zero attached hydrogens (tertiary/aromatic N) is 2. The number of hydrogen-bond donors (Lipinski definition) is 0. The molecule has 0 aliphatic rings. The third kappa shape index (κ3) is 6.82. The average molecular weight is 218 g/mol. The van der Waals surface area contributed by atoms with E-state index in [4.69, 9.17) is 0 Å². The average Bonchev–Trinajstić information content (AvgIpc) is 2.67. The minimum atomic E-state index is 1.21. The van der Waals surface area contributed by atoms with Crippen LogP contribution < -0.4 is 0 Å². The highest BCUT2D eigenvalue weighted by atomic mass is 15.2. The Morgan fingerprint density at radius 2 is 1.50 bits per heavy atom. The Labute approximate surface area is 98.9 Å². The molecule has 88 valence electrons. The van der Waals surface area contributed by atoms with Gasteiger partial charge in [0.25, 0.3) is 0 Å². The van der Waals surface area contributed by atoms with E-state index in [-0.39, 0.29) is 0 Å². The van der Waals surface area contributed by atoms with Crippen molar-refractivity contribution in [3.8, 4) is 0 Å². The van der Waals surface area contributed by atoms with Crippen molar-refractivity contribution in [2.45, 2.75) is 27.7 Å². The fraction of sp³-hybridized carbons (Fsp3) is 0.357. The SMILES string of the molecule is CC.Cc1ccccc1.Cc1cnn(C)c1. The van der Waals surface area contributed by atoms with Crippen LogP contribution in [-0.4, -0.2) is 9.78 Å². The van der Waals surface area contributed by atoms with Gasteiger partial charge in [0.1, 0.15) is 0 Å². The smallest absolute Gasteiger partial charge is 0.0518 e. The fourth-order valence-corrected chi connectivity index (χ4v) is 1.08. The summed E-state index contributed by atoms with van der Waals surface area (Å²) in [4.78, 5) is 0. The van der Waals surface area contributed by atoms with Gasteiger partial charge < -0.3 is 0 Å². The Bertz CT molecular complexity index is 347. The Morgan fingerprint density at radius 1 is 0.938 bits per heavy atom. The zero-order valence-corrected chi connectivity index (χ0v) is 10.9. The van der Waals surface area contributed by atoms with Crippen LogP contribution in [0, 0.1) is 13.8 Å². The summed E-state index contributed by atoms with van der Waals surface area (Å²) in [6, 6.07) is 10.3. The first-order valence-corrected chi connectivity index (χ1v) is 5.65. The van der Waals surface area contributed by atoms with E-state index < -0.39 is 0 Å². The lowest BCUT2D eigenvalue weighted by atomic mass is 10.2. The van der Waals surface area contributed by atoms with E-state index in [1.54, 1.807) is 4.68 Å². The van der Waals surface area contributed by atoms with Crippen LogP contribution in [0.4, 0.5) is 0 Å². The molecule has 0 radical (unpaired) electrons. The molecule has 0 spiro atoms. The van der Waals surface area contributed by atoms with Crippen molar-refractivity contribution in [1.29, 1.82) is 0 Å². The lowest BCUT2D eigenvalue weighted by Crippen LogP contribution is -1.83. The molecule has 0 N–H and O–H groups in total. The molecule has 0 bridgehead atoms. The van der Waals surface area contributed by atoms with Crippen LogP contribution in [0.2, 0.25) is 0 Å². The van der Waals surface area contributed by atoms with Gasteiger partial charge in [-0.05, 0) is 19.4 Å². The summed E-state index contributed by atoms with van der Waals surface area (Å²) in [5.74, 6) is 0. The molecule has 0 saturated heterocycles. The zero-order chi connectivity index (χ0) is 12.4. The van der Waals surface area contributed by atoms with E-state index in [0.29, 0.717) is 0 Å². The van der Waals surface area contributed by atoms with Crippen LogP contribution in [0.1, 0.15) is 25.0 Å². The van der Waals surface area contributed by atoms with E-state index in [9.17, 15) is 0 Å². The van der Waals surface area contributed by atoms with Gasteiger partial charge in [-0.2, -0.15) is 5.10 Å². The Balaban J connectivity index is 0.000000244. The summed E-state index contributed by atoms with van der Waals surface area (Å²) in [5, 5.41) is 3.93. The fourth-order valence-electron chi connectivity index (χ4n) is 1.08. The molecule has 1 heterocycles. The van der Waals surface area contributed by atoms with Gasteiger partial charge in [-0.15, -0.1) is 0 Å². The molecule has 2 nitrogen and oxygen atoms in total. The van der Waals surface area contributed by atoms with Crippen molar-refractivity contribution in [2.75, 3.05) is 0 Å². The highest BCUT2D eigenvalue weighted by Gasteiger charge is 1.81. The van der Waals surface area contributed by atoms with Gasteiger partial charge in [0.2, 0.25) is 0 Å². The molecule has 0 saturated carbocycles. The van der Waals surface area contributed by atoms with Gasteiger partial charge in [-0.1, -0.05) is 49.7 Å². The molecule has 16 heavy (non-hydrogen) atoms. The van der Waals surface area contributed by atoms with Gasteiger partial charge >= 0.3 is 0 Å². The normalized spacial score (nSPS) is 8.31. The predicted molar refractivity (Wildman–Crippen MR) is 70.5 cm³/mol. The third-order valence-electron chi connectivity index (χ3n) is 1.77. The van der Waals surface area contributed by atoms with Crippen molar-refractivity contribution in [2.24, 2.45) is 7.05 Å². The van der Waals surface area contributed by atoms with Crippen LogP contribution in [0.3, 0.4) is 0 Å². The molecule has 0 atom stereocenters. The van der Waals surface area contributed by atoms with Gasteiger partial charge in [-0.25, -0.2) is 0 Å². The maximum atomic E-state index is 3.93. The standard InChI is InChI=1S/C7H8.C5H8N2.C2H6/c1-7-5-3-2-4-6-7;1-5-3-6-7(2)4-5;1-2/h2-6H,1H3;3-4H,1-2H3;1-2H3. The lowest BCUT2D eigenvalue weighted by Gasteiger charge is -1.82. The van der Waals surface area contributed by atoms with Crippen LogP contribution >= 0.6 is 0 Å². The first-order chi connectivity index (χ1) is 7.68. The molecule has 2 rings (SSSR count). The first kappa shape index (κ1) is 14.4. The second kappa shape index (κ2) is 8.72. The number of aromatic nitrogens is 2. The van der Waals surface area contributed by atoms with Crippen LogP contribution in [0.25, 0.3) is 0 Å². The monoisotopic (exact) mass is 218 g/mol. The second-order valence-corrected chi connectivity index (χ2v) is 3.35. The first-order valence-electron chi connectivity index (χ1n) is 5.65. The quantitative estimate of drug-likeness (QED) is 0.658. The highest BCUT2D eigenvalue weighted by Crippen LogP contribution is 1.92. The van der Waals surface area contributed by atoms with Crippen LogP contribution in [-0.2, 0) is 7.05 Å². The van der Waals surface area contributed by atoms with E-state index in [1.807, 2.05) is 58.4 Å². The van der Waals surface area contributed by atoms with E-state index in [0.717, 1.165) is 0 Å². The molecular weight excluding hydrogens is 196 g/mol. The Kier molecular flexibility index (Phi) is 7.86. The van der Waals surface area contributed by atoms with Crippen molar-refractivity contribution >= 4 is 0 Å². The molecule has 0 fully saturated rings. The third-order valence-corrected chi connectivity index (χ3v) is 1.77. The van der Waals surface area contributed by atoms with Gasteiger partial charge in [0.05, 0.1) is 6.20 Å². The molecule has 1 aromatic carbocycles. The van der Waals surface area contributed by atoms with Crippen LogP contribution in [0.5, 0.6) is 0 Å². The molecule has 0 unspecified atom stereocenters. The number of rotatable bonds is 0. The zero-order valence-electron chi connectivity index (χ0n) is 10.9. The van der Waals surface area contributed by atoms with Crippen molar-refractivity contribution in [3.05, 3.63) is 53.9 Å². The summed E-state index contributed by atoms with van der Waals surface area (Å²) in [7, 11) is 1.91. The Hall–Kier alpha value is -1.57. The Morgan fingerprint density at radius 3 is 1.69 bits per heavy atom. The summed E-state index contributed by atoms with van der Waals surface area (Å²) < 4.78 is 1.79. The largest absolute Gasteiger partial charge is 0.276 e. The molecule has 0 aliphatic heterocycles. The van der Waals surface area contributed by atoms with E-state index >= 15 is 0 Å². The number of aryl methyl sites for hydroxylation is 3. The number of hydrogen-bond acceptors (Lipinski definition) is 1. The maximum absolute atomic E-state index is 3.93. The van der Waals surface area contributed by atoms with Crippen molar-refractivity contribution in [3.63, 3.8) is 0 Å². The summed E-state index contributed by atoms with van der Waals surface area (Å²) in [6.07, 6.45) is 3.81.